The second-order valence-electron chi connectivity index (χ2n) is 5.65. The van der Waals surface area contributed by atoms with Gasteiger partial charge in [0.2, 0.25) is 0 Å². The number of alkyl halides is 3. The van der Waals surface area contributed by atoms with Gasteiger partial charge in [0, 0.05) is 22.7 Å². The Bertz CT molecular complexity index is 1170. The van der Waals surface area contributed by atoms with Crippen molar-refractivity contribution in [3.8, 4) is 11.5 Å². The van der Waals surface area contributed by atoms with Crippen LogP contribution in [0.4, 0.5) is 13.2 Å². The highest BCUT2D eigenvalue weighted by Gasteiger charge is 2.31. The highest BCUT2D eigenvalue weighted by Crippen LogP contribution is 2.30. The Kier molecular flexibility index (Phi) is 3.18. The number of nitrogens with zero attached hydrogens (tertiary/aromatic N) is 3. The van der Waals surface area contributed by atoms with Crippen LogP contribution in [0.5, 0.6) is 0 Å². The topological polar surface area (TPSA) is 63.1 Å². The number of halogens is 3. The van der Waals surface area contributed by atoms with Gasteiger partial charge in [0.25, 0.3) is 0 Å². The fourth-order valence-corrected chi connectivity index (χ4v) is 2.72. The average molecular weight is 344 g/mol. The Labute approximate surface area is 138 Å². The molecule has 0 amide bonds. The summed E-state index contributed by atoms with van der Waals surface area (Å²) in [5.74, 6) is 0.166. The Morgan fingerprint density at radius 2 is 1.92 bits per heavy atom. The maximum atomic E-state index is 12.8. The van der Waals surface area contributed by atoms with Gasteiger partial charge in [0.1, 0.15) is 0 Å². The molecule has 4 aromatic rings. The Hall–Kier alpha value is -3.16. The lowest BCUT2D eigenvalue weighted by atomic mass is 10.1. The summed E-state index contributed by atoms with van der Waals surface area (Å²) >= 11 is 0. The van der Waals surface area contributed by atoms with Crippen molar-refractivity contribution in [1.82, 2.24) is 19.6 Å². The standard InChI is InChI=1S/C17H11F3N4O/c1-9-14(21-12-5-3-2-4-11(12)15(9)25)16-22-13-8-10(17(18,19)20)6-7-24(13)23-16/h2-8H,1H3,(H,21,25). The summed E-state index contributed by atoms with van der Waals surface area (Å²) in [6, 6.07) is 8.85. The maximum absolute atomic E-state index is 12.8. The van der Waals surface area contributed by atoms with Crippen molar-refractivity contribution in [2.24, 2.45) is 0 Å². The summed E-state index contributed by atoms with van der Waals surface area (Å²) < 4.78 is 39.7. The maximum Gasteiger partial charge on any atom is 0.416 e. The van der Waals surface area contributed by atoms with Gasteiger partial charge in [-0.05, 0) is 31.2 Å². The number of aromatic amines is 1. The van der Waals surface area contributed by atoms with Crippen LogP contribution in [0, 0.1) is 6.92 Å². The fourth-order valence-electron chi connectivity index (χ4n) is 2.72. The average Bonchev–Trinajstić information content (AvgIpc) is 3.00. The summed E-state index contributed by atoms with van der Waals surface area (Å²) in [5, 5.41) is 4.72. The van der Waals surface area contributed by atoms with Gasteiger partial charge in [-0.25, -0.2) is 9.50 Å². The van der Waals surface area contributed by atoms with E-state index in [1.807, 2.05) is 0 Å². The molecule has 5 nitrogen and oxygen atoms in total. The summed E-state index contributed by atoms with van der Waals surface area (Å²) in [6.45, 7) is 1.63. The molecule has 0 saturated heterocycles. The molecule has 3 aromatic heterocycles. The molecule has 0 atom stereocenters. The van der Waals surface area contributed by atoms with Crippen LogP contribution < -0.4 is 5.43 Å². The molecule has 0 radical (unpaired) electrons. The molecule has 0 spiro atoms. The molecule has 8 heteroatoms. The second kappa shape index (κ2) is 5.17. The molecule has 126 valence electrons. The summed E-state index contributed by atoms with van der Waals surface area (Å²) in [4.78, 5) is 19.7. The van der Waals surface area contributed by atoms with Crippen LogP contribution in [-0.2, 0) is 6.18 Å². The number of hydrogen-bond acceptors (Lipinski definition) is 3. The molecule has 0 aliphatic carbocycles. The van der Waals surface area contributed by atoms with E-state index in [9.17, 15) is 18.0 Å². The third-order valence-electron chi connectivity index (χ3n) is 4.04. The van der Waals surface area contributed by atoms with Crippen LogP contribution in [0.3, 0.4) is 0 Å². The summed E-state index contributed by atoms with van der Waals surface area (Å²) in [5.41, 5.74) is 0.495. The molecule has 3 heterocycles. The lowest BCUT2D eigenvalue weighted by molar-refractivity contribution is -0.137. The SMILES string of the molecule is Cc1c(-c2nc3cc(C(F)(F)F)ccn3n2)[nH]c2ccccc2c1=O. The quantitative estimate of drug-likeness (QED) is 0.574. The number of aromatic nitrogens is 4. The zero-order valence-corrected chi connectivity index (χ0v) is 12.9. The van der Waals surface area contributed by atoms with Crippen LogP contribution in [-0.4, -0.2) is 19.6 Å². The monoisotopic (exact) mass is 344 g/mol. The van der Waals surface area contributed by atoms with E-state index in [0.29, 0.717) is 22.2 Å². The van der Waals surface area contributed by atoms with Gasteiger partial charge in [-0.15, -0.1) is 5.10 Å². The number of pyridine rings is 2. The van der Waals surface area contributed by atoms with Crippen molar-refractivity contribution >= 4 is 16.6 Å². The van der Waals surface area contributed by atoms with Gasteiger partial charge >= 0.3 is 6.18 Å². The predicted octanol–water partition coefficient (Wildman–Crippen LogP) is 3.57. The lowest BCUT2D eigenvalue weighted by Gasteiger charge is -2.05. The Morgan fingerprint density at radius 1 is 1.16 bits per heavy atom. The number of para-hydroxylation sites is 1. The molecule has 1 aromatic carbocycles. The van der Waals surface area contributed by atoms with E-state index >= 15 is 0 Å². The van der Waals surface area contributed by atoms with E-state index in [1.54, 1.807) is 31.2 Å². The normalized spacial score (nSPS) is 12.2. The summed E-state index contributed by atoms with van der Waals surface area (Å²) in [6.07, 6.45) is -3.26. The number of benzene rings is 1. The van der Waals surface area contributed by atoms with Crippen LogP contribution in [0.15, 0.2) is 47.4 Å². The second-order valence-corrected chi connectivity index (χ2v) is 5.65. The zero-order valence-electron chi connectivity index (χ0n) is 12.9. The number of nitrogens with one attached hydrogen (secondary N) is 1. The first-order valence-corrected chi connectivity index (χ1v) is 7.40. The Morgan fingerprint density at radius 3 is 2.68 bits per heavy atom. The third kappa shape index (κ3) is 2.46. The minimum Gasteiger partial charge on any atom is -0.351 e. The van der Waals surface area contributed by atoms with Crippen molar-refractivity contribution in [1.29, 1.82) is 0 Å². The Balaban J connectivity index is 1.94. The van der Waals surface area contributed by atoms with Crippen molar-refractivity contribution < 1.29 is 13.2 Å². The van der Waals surface area contributed by atoms with E-state index in [0.717, 1.165) is 12.1 Å². The van der Waals surface area contributed by atoms with Crippen molar-refractivity contribution in [2.45, 2.75) is 13.1 Å². The predicted molar refractivity (Wildman–Crippen MR) is 86.3 cm³/mol. The summed E-state index contributed by atoms with van der Waals surface area (Å²) in [7, 11) is 0. The van der Waals surface area contributed by atoms with E-state index in [-0.39, 0.29) is 16.9 Å². The van der Waals surface area contributed by atoms with Crippen LogP contribution in [0.1, 0.15) is 11.1 Å². The van der Waals surface area contributed by atoms with Crippen molar-refractivity contribution in [3.05, 3.63) is 63.9 Å². The van der Waals surface area contributed by atoms with Gasteiger partial charge in [0.05, 0.1) is 11.3 Å². The molecule has 0 bridgehead atoms. The van der Waals surface area contributed by atoms with E-state index in [2.05, 4.69) is 15.1 Å². The van der Waals surface area contributed by atoms with Gasteiger partial charge in [-0.1, -0.05) is 12.1 Å². The van der Waals surface area contributed by atoms with E-state index in [4.69, 9.17) is 0 Å². The van der Waals surface area contributed by atoms with Crippen LogP contribution >= 0.6 is 0 Å². The molecule has 0 fully saturated rings. The van der Waals surface area contributed by atoms with Crippen molar-refractivity contribution in [2.75, 3.05) is 0 Å². The molecule has 25 heavy (non-hydrogen) atoms. The van der Waals surface area contributed by atoms with Crippen LogP contribution in [0.25, 0.3) is 28.1 Å². The third-order valence-corrected chi connectivity index (χ3v) is 4.04. The molecule has 4 rings (SSSR count). The highest BCUT2D eigenvalue weighted by atomic mass is 19.4. The number of fused-ring (bicyclic) bond motifs is 2. The van der Waals surface area contributed by atoms with Gasteiger partial charge in [-0.2, -0.15) is 13.2 Å². The molecule has 0 aliphatic heterocycles. The first kappa shape index (κ1) is 15.4. The first-order chi connectivity index (χ1) is 11.8. The lowest BCUT2D eigenvalue weighted by Crippen LogP contribution is -2.09. The molecule has 0 unspecified atom stereocenters. The van der Waals surface area contributed by atoms with Crippen LogP contribution in [0.2, 0.25) is 0 Å². The van der Waals surface area contributed by atoms with Crippen molar-refractivity contribution in [3.63, 3.8) is 0 Å². The van der Waals surface area contributed by atoms with Gasteiger partial charge < -0.3 is 4.98 Å². The van der Waals surface area contributed by atoms with Gasteiger partial charge in [0.15, 0.2) is 16.9 Å². The smallest absolute Gasteiger partial charge is 0.351 e. The first-order valence-electron chi connectivity index (χ1n) is 7.40. The number of rotatable bonds is 1. The molecule has 1 N–H and O–H groups in total. The highest BCUT2D eigenvalue weighted by molar-refractivity contribution is 5.82. The van der Waals surface area contributed by atoms with E-state index < -0.39 is 11.7 Å². The molecular formula is C17H11F3N4O. The molecule has 0 saturated carbocycles. The zero-order chi connectivity index (χ0) is 17.8. The van der Waals surface area contributed by atoms with Gasteiger partial charge in [-0.3, -0.25) is 4.79 Å². The number of hydrogen-bond donors (Lipinski definition) is 1. The number of H-pyrrole nitrogens is 1. The minimum absolute atomic E-state index is 0.0539. The molecular weight excluding hydrogens is 333 g/mol. The minimum atomic E-state index is -4.46. The molecule has 0 aliphatic rings. The fraction of sp³-hybridized carbons (Fsp3) is 0.118. The largest absolute Gasteiger partial charge is 0.416 e. The van der Waals surface area contributed by atoms with E-state index in [1.165, 1.54) is 10.7 Å².